The molecule has 21 heavy (non-hydrogen) atoms. The molecule has 0 bridgehead atoms. The fraction of sp³-hybridized carbons (Fsp3) is 0.417. The van der Waals surface area contributed by atoms with Crippen molar-refractivity contribution in [1.82, 2.24) is 4.90 Å². The third-order valence-corrected chi connectivity index (χ3v) is 4.91. The maximum Gasteiger partial charge on any atom is 0.271 e. The molecule has 0 aliphatic heterocycles. The average Bonchev–Trinajstić information content (AvgIpc) is 3.19. The number of hydrogen-bond acceptors (Lipinski definition) is 5. The van der Waals surface area contributed by atoms with Gasteiger partial charge in [-0.1, -0.05) is 0 Å². The Morgan fingerprint density at radius 1 is 1.43 bits per heavy atom. The summed E-state index contributed by atoms with van der Waals surface area (Å²) in [5.41, 5.74) is -0.377. The van der Waals surface area contributed by atoms with Gasteiger partial charge in [-0.3, -0.25) is 14.9 Å². The molecule has 1 fully saturated rings. The van der Waals surface area contributed by atoms with Gasteiger partial charge in [0.25, 0.3) is 20.6 Å². The van der Waals surface area contributed by atoms with Crippen LogP contribution in [0.1, 0.15) is 28.8 Å². The summed E-state index contributed by atoms with van der Waals surface area (Å²) < 4.78 is 23.1. The number of benzene rings is 1. The number of nitro benzene ring substituents is 1. The van der Waals surface area contributed by atoms with E-state index in [4.69, 9.17) is 10.7 Å². The number of nitrogens with zero attached hydrogens (tertiary/aromatic N) is 2. The Labute approximate surface area is 126 Å². The molecule has 1 aliphatic carbocycles. The standard InChI is InChI=1S/C12H13ClN2O5S/c1-7-10(12(16)14(2)8-3-4-8)5-9(15(17)18)6-11(7)21(13,19)20/h5-6,8H,3-4H2,1-2H3. The minimum absolute atomic E-state index is 0.0159. The molecule has 1 amide bonds. The third-order valence-electron chi connectivity index (χ3n) is 3.46. The summed E-state index contributed by atoms with van der Waals surface area (Å²) in [7, 11) is 2.71. The van der Waals surface area contributed by atoms with Crippen LogP contribution >= 0.6 is 10.7 Å². The number of nitro groups is 1. The van der Waals surface area contributed by atoms with E-state index in [1.165, 1.54) is 11.8 Å². The van der Waals surface area contributed by atoms with E-state index in [1.807, 2.05) is 0 Å². The summed E-state index contributed by atoms with van der Waals surface area (Å²) in [6, 6.07) is 2.06. The zero-order chi connectivity index (χ0) is 15.9. The average molecular weight is 333 g/mol. The van der Waals surface area contributed by atoms with Gasteiger partial charge in [0, 0.05) is 35.9 Å². The second-order valence-corrected chi connectivity index (χ2v) is 7.49. The number of halogens is 1. The van der Waals surface area contributed by atoms with Gasteiger partial charge in [0.05, 0.1) is 15.4 Å². The molecule has 2 rings (SSSR count). The molecule has 0 unspecified atom stereocenters. The van der Waals surface area contributed by atoms with Gasteiger partial charge in [0.2, 0.25) is 0 Å². The minimum atomic E-state index is -4.18. The van der Waals surface area contributed by atoms with Crippen molar-refractivity contribution in [3.05, 3.63) is 33.4 Å². The number of amides is 1. The van der Waals surface area contributed by atoms with E-state index in [9.17, 15) is 23.3 Å². The summed E-state index contributed by atoms with van der Waals surface area (Å²) in [4.78, 5) is 23.6. The van der Waals surface area contributed by atoms with Crippen LogP contribution in [0.5, 0.6) is 0 Å². The Morgan fingerprint density at radius 3 is 2.43 bits per heavy atom. The Kier molecular flexibility index (Phi) is 3.94. The van der Waals surface area contributed by atoms with Gasteiger partial charge in [-0.05, 0) is 25.3 Å². The van der Waals surface area contributed by atoms with Crippen molar-refractivity contribution in [3.63, 3.8) is 0 Å². The van der Waals surface area contributed by atoms with Crippen molar-refractivity contribution < 1.29 is 18.1 Å². The van der Waals surface area contributed by atoms with Crippen LogP contribution in [0.2, 0.25) is 0 Å². The van der Waals surface area contributed by atoms with Gasteiger partial charge < -0.3 is 4.90 Å². The predicted molar refractivity (Wildman–Crippen MR) is 76.0 cm³/mol. The molecule has 1 aromatic carbocycles. The van der Waals surface area contributed by atoms with Gasteiger partial charge in [-0.15, -0.1) is 0 Å². The van der Waals surface area contributed by atoms with Crippen LogP contribution in [0.4, 0.5) is 5.69 Å². The lowest BCUT2D eigenvalue weighted by Gasteiger charge is -2.18. The minimum Gasteiger partial charge on any atom is -0.339 e. The fourth-order valence-electron chi connectivity index (χ4n) is 2.07. The third kappa shape index (κ3) is 3.16. The van der Waals surface area contributed by atoms with E-state index < -0.39 is 30.5 Å². The number of rotatable bonds is 4. The largest absolute Gasteiger partial charge is 0.339 e. The number of hydrogen-bond donors (Lipinski definition) is 0. The SMILES string of the molecule is Cc1c(C(=O)N(C)C2CC2)cc([N+](=O)[O-])cc1S(=O)(=O)Cl. The molecule has 0 spiro atoms. The molecule has 0 radical (unpaired) electrons. The van der Waals surface area contributed by atoms with Gasteiger partial charge >= 0.3 is 0 Å². The summed E-state index contributed by atoms with van der Waals surface area (Å²) in [5.74, 6) is -0.444. The zero-order valence-corrected chi connectivity index (χ0v) is 12.9. The highest BCUT2D eigenvalue weighted by Crippen LogP contribution is 2.31. The van der Waals surface area contributed by atoms with Crippen molar-refractivity contribution in [2.75, 3.05) is 7.05 Å². The van der Waals surface area contributed by atoms with Gasteiger partial charge in [0.1, 0.15) is 0 Å². The van der Waals surface area contributed by atoms with E-state index in [1.54, 1.807) is 7.05 Å². The smallest absolute Gasteiger partial charge is 0.271 e. The van der Waals surface area contributed by atoms with Gasteiger partial charge in [-0.2, -0.15) is 0 Å². The van der Waals surface area contributed by atoms with E-state index in [-0.39, 0.29) is 17.2 Å². The van der Waals surface area contributed by atoms with E-state index >= 15 is 0 Å². The van der Waals surface area contributed by atoms with E-state index in [0.717, 1.165) is 25.0 Å². The molecule has 0 aromatic heterocycles. The fourth-order valence-corrected chi connectivity index (χ4v) is 3.29. The van der Waals surface area contributed by atoms with Crippen molar-refractivity contribution >= 4 is 31.3 Å². The van der Waals surface area contributed by atoms with Crippen molar-refractivity contribution in [2.45, 2.75) is 30.7 Å². The lowest BCUT2D eigenvalue weighted by atomic mass is 10.1. The first-order valence-corrected chi connectivity index (χ1v) is 8.44. The van der Waals surface area contributed by atoms with E-state index in [0.29, 0.717) is 0 Å². The summed E-state index contributed by atoms with van der Waals surface area (Å²) in [6.07, 6.45) is 1.74. The Morgan fingerprint density at radius 2 is 2.00 bits per heavy atom. The summed E-state index contributed by atoms with van der Waals surface area (Å²) in [5, 5.41) is 10.9. The number of non-ortho nitro benzene ring substituents is 1. The topological polar surface area (TPSA) is 97.6 Å². The van der Waals surface area contributed by atoms with Crippen LogP contribution in [0, 0.1) is 17.0 Å². The maximum absolute atomic E-state index is 12.4. The van der Waals surface area contributed by atoms with Crippen molar-refractivity contribution in [2.24, 2.45) is 0 Å². The number of carbonyl (C=O) groups is 1. The van der Waals surface area contributed by atoms with E-state index in [2.05, 4.69) is 0 Å². The predicted octanol–water partition coefficient (Wildman–Crippen LogP) is 2.07. The Hall–Kier alpha value is -1.67. The number of carbonyl (C=O) groups excluding carboxylic acids is 1. The van der Waals surface area contributed by atoms with Crippen LogP contribution in [-0.4, -0.2) is 37.2 Å². The molecule has 1 aliphatic rings. The first kappa shape index (κ1) is 15.7. The maximum atomic E-state index is 12.4. The highest BCUT2D eigenvalue weighted by Gasteiger charge is 2.32. The molecule has 7 nitrogen and oxygen atoms in total. The van der Waals surface area contributed by atoms with Crippen molar-refractivity contribution in [1.29, 1.82) is 0 Å². The second-order valence-electron chi connectivity index (χ2n) is 4.96. The Bertz CT molecular complexity index is 727. The molecule has 0 atom stereocenters. The molecule has 0 heterocycles. The molecular formula is C12H13ClN2O5S. The molecular weight excluding hydrogens is 320 g/mol. The second kappa shape index (κ2) is 5.27. The summed E-state index contributed by atoms with van der Waals surface area (Å²) in [6.45, 7) is 1.41. The lowest BCUT2D eigenvalue weighted by Crippen LogP contribution is -2.29. The van der Waals surface area contributed by atoms with Crippen LogP contribution in [-0.2, 0) is 9.05 Å². The summed E-state index contributed by atoms with van der Waals surface area (Å²) >= 11 is 0. The van der Waals surface area contributed by atoms with Gasteiger partial charge in [0.15, 0.2) is 0 Å². The normalized spacial score (nSPS) is 14.8. The molecule has 1 aromatic rings. The first-order valence-electron chi connectivity index (χ1n) is 6.13. The highest BCUT2D eigenvalue weighted by molar-refractivity contribution is 8.13. The Balaban J connectivity index is 2.61. The lowest BCUT2D eigenvalue weighted by molar-refractivity contribution is -0.385. The zero-order valence-electron chi connectivity index (χ0n) is 11.4. The van der Waals surface area contributed by atoms with Crippen LogP contribution in [0.25, 0.3) is 0 Å². The van der Waals surface area contributed by atoms with Crippen molar-refractivity contribution in [3.8, 4) is 0 Å². The van der Waals surface area contributed by atoms with Crippen LogP contribution in [0.3, 0.4) is 0 Å². The molecule has 0 saturated heterocycles. The molecule has 114 valence electrons. The quantitative estimate of drug-likeness (QED) is 0.477. The highest BCUT2D eigenvalue weighted by atomic mass is 35.7. The monoisotopic (exact) mass is 332 g/mol. The first-order chi connectivity index (χ1) is 9.62. The molecule has 0 N–H and O–H groups in total. The van der Waals surface area contributed by atoms with Crippen LogP contribution in [0.15, 0.2) is 17.0 Å². The molecule has 9 heteroatoms. The van der Waals surface area contributed by atoms with Crippen LogP contribution < -0.4 is 0 Å². The molecule has 1 saturated carbocycles. The van der Waals surface area contributed by atoms with Gasteiger partial charge in [-0.25, -0.2) is 8.42 Å².